The maximum Gasteiger partial charge on any atom is 0.256 e. The number of hydrogen-bond donors (Lipinski definition) is 1. The quantitative estimate of drug-likeness (QED) is 0.760. The highest BCUT2D eigenvalue weighted by Crippen LogP contribution is 2.36. The topological polar surface area (TPSA) is 79.0 Å². The van der Waals surface area contributed by atoms with Crippen molar-refractivity contribution in [1.29, 1.82) is 0 Å². The molecule has 0 aromatic heterocycles. The van der Waals surface area contributed by atoms with E-state index in [-0.39, 0.29) is 24.3 Å². The summed E-state index contributed by atoms with van der Waals surface area (Å²) < 4.78 is 5.44. The number of nitrogens with zero attached hydrogens (tertiary/aromatic N) is 2. The van der Waals surface area contributed by atoms with Gasteiger partial charge in [0.25, 0.3) is 5.91 Å². The highest BCUT2D eigenvalue weighted by molar-refractivity contribution is 7.99. The normalized spacial score (nSPS) is 18.1. The molecule has 0 radical (unpaired) electrons. The van der Waals surface area contributed by atoms with Gasteiger partial charge in [0.05, 0.1) is 30.7 Å². The van der Waals surface area contributed by atoms with E-state index in [0.29, 0.717) is 40.9 Å². The molecule has 2 heterocycles. The molecule has 0 aliphatic carbocycles. The lowest BCUT2D eigenvalue weighted by molar-refractivity contribution is -0.133. The van der Waals surface area contributed by atoms with Gasteiger partial charge >= 0.3 is 0 Å². The lowest BCUT2D eigenvalue weighted by Gasteiger charge is -2.39. The van der Waals surface area contributed by atoms with Gasteiger partial charge in [0, 0.05) is 23.7 Å². The number of hydrogen-bond acceptors (Lipinski definition) is 5. The summed E-state index contributed by atoms with van der Waals surface area (Å²) in [6.07, 6.45) is 1.86. The second-order valence-electron chi connectivity index (χ2n) is 7.38. The number of benzene rings is 2. The summed E-state index contributed by atoms with van der Waals surface area (Å²) >= 11 is 7.61. The number of thioether (sulfide) groups is 1. The number of amides is 3. The van der Waals surface area contributed by atoms with Crippen LogP contribution in [0.15, 0.2) is 36.4 Å². The predicted octanol–water partition coefficient (Wildman–Crippen LogP) is 2.98. The Balaban J connectivity index is 1.68. The van der Waals surface area contributed by atoms with Gasteiger partial charge in [0.15, 0.2) is 0 Å². The summed E-state index contributed by atoms with van der Waals surface area (Å²) in [5.74, 6) is 0.436. The first-order valence-corrected chi connectivity index (χ1v) is 11.6. The molecular weight excluding hydrogens is 438 g/mol. The first-order chi connectivity index (χ1) is 14.9. The molecule has 2 aliphatic heterocycles. The molecule has 7 nitrogen and oxygen atoms in total. The third-order valence-corrected chi connectivity index (χ3v) is 6.32. The standard InChI is InChI=1S/C22H22ClN3O4S/c1-30-19-6-4-14(23)10-15(19)13-3-5-17-16(9-13)22(29)26-8-7-25(20(27)12-31-2)11-18(26)21(28)24-17/h3-6,9-10,18H,7-8,11-12H2,1-2H3,(H,24,28). The molecule has 0 bridgehead atoms. The maximum absolute atomic E-state index is 13.4. The SMILES string of the molecule is COc1ccc(Cl)cc1-c1ccc2c(c1)C(=O)N1CCN(C(=O)CSC)CC1C(=O)N2. The van der Waals surface area contributed by atoms with Gasteiger partial charge in [-0.3, -0.25) is 14.4 Å². The highest BCUT2D eigenvalue weighted by atomic mass is 35.5. The Morgan fingerprint density at radius 1 is 1.19 bits per heavy atom. The lowest BCUT2D eigenvalue weighted by atomic mass is 10.00. The van der Waals surface area contributed by atoms with Crippen LogP contribution in [0.3, 0.4) is 0 Å². The summed E-state index contributed by atoms with van der Waals surface area (Å²) in [6, 6.07) is 9.86. The van der Waals surface area contributed by atoms with E-state index >= 15 is 0 Å². The Bertz CT molecular complexity index is 1060. The molecule has 162 valence electrons. The van der Waals surface area contributed by atoms with Gasteiger partial charge in [-0.1, -0.05) is 17.7 Å². The first-order valence-electron chi connectivity index (χ1n) is 9.79. The van der Waals surface area contributed by atoms with E-state index in [9.17, 15) is 14.4 Å². The van der Waals surface area contributed by atoms with E-state index in [1.807, 2.05) is 12.3 Å². The third kappa shape index (κ3) is 4.09. The Kier molecular flexibility index (Phi) is 6.11. The zero-order valence-electron chi connectivity index (χ0n) is 17.2. The average molecular weight is 460 g/mol. The van der Waals surface area contributed by atoms with Crippen LogP contribution < -0.4 is 10.1 Å². The van der Waals surface area contributed by atoms with Gasteiger partial charge in [-0.2, -0.15) is 11.8 Å². The lowest BCUT2D eigenvalue weighted by Crippen LogP contribution is -2.59. The molecule has 4 rings (SSSR count). The molecule has 1 fully saturated rings. The van der Waals surface area contributed by atoms with Crippen molar-refractivity contribution in [3.05, 3.63) is 47.0 Å². The van der Waals surface area contributed by atoms with Crippen LogP contribution in [0.4, 0.5) is 5.69 Å². The second-order valence-corrected chi connectivity index (χ2v) is 8.68. The van der Waals surface area contributed by atoms with Crippen molar-refractivity contribution < 1.29 is 19.1 Å². The van der Waals surface area contributed by atoms with Crippen LogP contribution in [0.2, 0.25) is 5.02 Å². The van der Waals surface area contributed by atoms with E-state index in [1.165, 1.54) is 11.8 Å². The monoisotopic (exact) mass is 459 g/mol. The minimum atomic E-state index is -0.719. The third-order valence-electron chi connectivity index (χ3n) is 5.54. The molecule has 2 aliphatic rings. The number of methoxy groups -OCH3 is 1. The summed E-state index contributed by atoms with van der Waals surface area (Å²) in [6.45, 7) is 0.910. The number of rotatable bonds is 4. The summed E-state index contributed by atoms with van der Waals surface area (Å²) in [5.41, 5.74) is 2.37. The van der Waals surface area contributed by atoms with Gasteiger partial charge in [-0.05, 0) is 42.2 Å². The van der Waals surface area contributed by atoms with Gasteiger partial charge in [0.1, 0.15) is 11.8 Å². The summed E-state index contributed by atoms with van der Waals surface area (Å²) in [7, 11) is 1.57. The molecule has 0 spiro atoms. The zero-order valence-corrected chi connectivity index (χ0v) is 18.8. The molecule has 0 saturated carbocycles. The number of carbonyl (C=O) groups excluding carboxylic acids is 3. The number of anilines is 1. The number of ether oxygens (including phenoxy) is 1. The van der Waals surface area contributed by atoms with E-state index in [2.05, 4.69) is 5.32 Å². The van der Waals surface area contributed by atoms with E-state index < -0.39 is 6.04 Å². The molecule has 1 atom stereocenters. The fourth-order valence-corrected chi connectivity index (χ4v) is 4.57. The van der Waals surface area contributed by atoms with Crippen LogP contribution >= 0.6 is 23.4 Å². The van der Waals surface area contributed by atoms with E-state index in [4.69, 9.17) is 16.3 Å². The van der Waals surface area contributed by atoms with Crippen molar-refractivity contribution in [3.8, 4) is 16.9 Å². The summed E-state index contributed by atoms with van der Waals surface area (Å²) in [5, 5.41) is 3.41. The first kappa shape index (κ1) is 21.5. The fourth-order valence-electron chi connectivity index (χ4n) is 3.97. The van der Waals surface area contributed by atoms with Gasteiger partial charge in [-0.15, -0.1) is 0 Å². The summed E-state index contributed by atoms with van der Waals surface area (Å²) in [4.78, 5) is 41.8. The van der Waals surface area contributed by atoms with Crippen LogP contribution in [-0.4, -0.2) is 72.3 Å². The van der Waals surface area contributed by atoms with Crippen molar-refractivity contribution >= 4 is 46.8 Å². The number of nitrogens with one attached hydrogen (secondary N) is 1. The van der Waals surface area contributed by atoms with Gasteiger partial charge in [0.2, 0.25) is 11.8 Å². The minimum Gasteiger partial charge on any atom is -0.496 e. The number of halogens is 1. The van der Waals surface area contributed by atoms with E-state index in [1.54, 1.807) is 47.2 Å². The Morgan fingerprint density at radius 3 is 2.74 bits per heavy atom. The van der Waals surface area contributed by atoms with Crippen molar-refractivity contribution in [3.63, 3.8) is 0 Å². The molecule has 1 saturated heterocycles. The van der Waals surface area contributed by atoms with Crippen LogP contribution in [-0.2, 0) is 9.59 Å². The minimum absolute atomic E-state index is 0.0236. The van der Waals surface area contributed by atoms with E-state index in [0.717, 1.165) is 11.1 Å². The maximum atomic E-state index is 13.4. The Hall–Kier alpha value is -2.71. The van der Waals surface area contributed by atoms with Crippen LogP contribution in [0.1, 0.15) is 10.4 Å². The fraction of sp³-hybridized carbons (Fsp3) is 0.318. The molecular formula is C22H22ClN3O4S. The second kappa shape index (κ2) is 8.80. The van der Waals surface area contributed by atoms with Crippen molar-refractivity contribution in [1.82, 2.24) is 9.80 Å². The smallest absolute Gasteiger partial charge is 0.256 e. The van der Waals surface area contributed by atoms with Crippen molar-refractivity contribution in [2.75, 3.05) is 44.1 Å². The van der Waals surface area contributed by atoms with Crippen LogP contribution in [0.5, 0.6) is 5.75 Å². The molecule has 31 heavy (non-hydrogen) atoms. The number of fused-ring (bicyclic) bond motifs is 2. The van der Waals surface area contributed by atoms with Crippen molar-refractivity contribution in [2.24, 2.45) is 0 Å². The number of carbonyl (C=O) groups is 3. The molecule has 9 heteroatoms. The Morgan fingerprint density at radius 2 is 2.00 bits per heavy atom. The molecule has 3 amide bonds. The van der Waals surface area contributed by atoms with Gasteiger partial charge < -0.3 is 19.9 Å². The Labute approximate surface area is 189 Å². The predicted molar refractivity (Wildman–Crippen MR) is 122 cm³/mol. The molecule has 1 N–H and O–H groups in total. The van der Waals surface area contributed by atoms with Gasteiger partial charge in [-0.25, -0.2) is 0 Å². The molecule has 2 aromatic carbocycles. The van der Waals surface area contributed by atoms with Crippen LogP contribution in [0.25, 0.3) is 11.1 Å². The molecule has 2 aromatic rings. The zero-order chi connectivity index (χ0) is 22.1. The largest absolute Gasteiger partial charge is 0.496 e. The molecule has 1 unspecified atom stereocenters. The number of piperazine rings is 1. The van der Waals surface area contributed by atoms with Crippen molar-refractivity contribution in [2.45, 2.75) is 6.04 Å². The average Bonchev–Trinajstić information content (AvgIpc) is 2.88. The van der Waals surface area contributed by atoms with Crippen LogP contribution in [0, 0.1) is 0 Å². The highest BCUT2D eigenvalue weighted by Gasteiger charge is 2.40.